The molecule has 2 heterocycles. The number of aryl methyl sites for hydroxylation is 2. The van der Waals surface area contributed by atoms with E-state index < -0.39 is 0 Å². The zero-order valence-electron chi connectivity index (χ0n) is 16.2. The van der Waals surface area contributed by atoms with E-state index in [1.54, 1.807) is 16.2 Å². The van der Waals surface area contributed by atoms with Crippen LogP contribution in [0, 0.1) is 13.8 Å². The van der Waals surface area contributed by atoms with Gasteiger partial charge in [0.1, 0.15) is 0 Å². The Morgan fingerprint density at radius 3 is 2.81 bits per heavy atom. The van der Waals surface area contributed by atoms with Crippen molar-refractivity contribution in [2.45, 2.75) is 40.0 Å². The van der Waals surface area contributed by atoms with Crippen LogP contribution in [0.5, 0.6) is 0 Å². The van der Waals surface area contributed by atoms with E-state index in [1.807, 2.05) is 0 Å². The molecule has 1 fully saturated rings. The number of aromatic nitrogens is 1. The van der Waals surface area contributed by atoms with E-state index in [0.29, 0.717) is 6.42 Å². The predicted molar refractivity (Wildman–Crippen MR) is 109 cm³/mol. The van der Waals surface area contributed by atoms with E-state index in [-0.39, 0.29) is 5.91 Å². The Balaban J connectivity index is 1.48. The monoisotopic (exact) mass is 375 g/mol. The van der Waals surface area contributed by atoms with Crippen LogP contribution in [0.15, 0.2) is 12.1 Å². The molecule has 0 atom stereocenters. The summed E-state index contributed by atoms with van der Waals surface area (Å²) in [6.45, 7) is 12.5. The van der Waals surface area contributed by atoms with Gasteiger partial charge in [0.25, 0.3) is 0 Å². The van der Waals surface area contributed by atoms with Crippen LogP contribution in [0.3, 0.4) is 0 Å². The summed E-state index contributed by atoms with van der Waals surface area (Å²) in [4.78, 5) is 20.6. The first-order valence-corrected chi connectivity index (χ1v) is 10.6. The van der Waals surface area contributed by atoms with Crippen molar-refractivity contribution in [3.05, 3.63) is 23.3 Å². The summed E-state index contributed by atoms with van der Waals surface area (Å²) in [5, 5.41) is 4.21. The van der Waals surface area contributed by atoms with E-state index in [4.69, 9.17) is 4.98 Å². The van der Waals surface area contributed by atoms with Gasteiger partial charge in [0.2, 0.25) is 5.91 Å². The van der Waals surface area contributed by atoms with Crippen LogP contribution < -0.4 is 15.1 Å². The minimum Gasteiger partial charge on any atom is -0.350 e. The van der Waals surface area contributed by atoms with Gasteiger partial charge in [0.15, 0.2) is 5.13 Å². The first-order chi connectivity index (χ1) is 12.6. The number of carbonyl (C=O) groups is 1. The Hall–Kier alpha value is -1.66. The number of amides is 1. The van der Waals surface area contributed by atoms with Gasteiger partial charge in [-0.2, -0.15) is 0 Å². The SMILES string of the molecule is CCCCC(=O)NCC[NH+]1CCN(c2nc3c(C)c(C)ccc3s2)CC1. The topological polar surface area (TPSA) is 49.7 Å². The Morgan fingerprint density at radius 2 is 2.08 bits per heavy atom. The highest BCUT2D eigenvalue weighted by molar-refractivity contribution is 7.22. The number of unbranched alkanes of at least 4 members (excludes halogenated alkanes) is 1. The van der Waals surface area contributed by atoms with Gasteiger partial charge >= 0.3 is 0 Å². The zero-order chi connectivity index (χ0) is 18.5. The van der Waals surface area contributed by atoms with Gasteiger partial charge in [0.05, 0.1) is 49.5 Å². The molecule has 3 rings (SSSR count). The van der Waals surface area contributed by atoms with Crippen LogP contribution in [-0.2, 0) is 4.79 Å². The highest BCUT2D eigenvalue weighted by Crippen LogP contribution is 2.31. The number of anilines is 1. The average molecular weight is 376 g/mol. The first-order valence-electron chi connectivity index (χ1n) is 9.80. The number of hydrogen-bond acceptors (Lipinski definition) is 4. The van der Waals surface area contributed by atoms with Gasteiger partial charge in [-0.3, -0.25) is 4.79 Å². The zero-order valence-corrected chi connectivity index (χ0v) is 17.0. The normalized spacial score (nSPS) is 15.6. The van der Waals surface area contributed by atoms with Crippen LogP contribution in [0.25, 0.3) is 10.2 Å². The third-order valence-corrected chi connectivity index (χ3v) is 6.45. The van der Waals surface area contributed by atoms with Gasteiger partial charge < -0.3 is 15.1 Å². The number of benzene rings is 1. The molecule has 0 saturated carbocycles. The van der Waals surface area contributed by atoms with Crippen LogP contribution in [0.1, 0.15) is 37.3 Å². The Morgan fingerprint density at radius 1 is 1.31 bits per heavy atom. The Kier molecular flexibility index (Phi) is 6.48. The molecule has 6 heteroatoms. The molecule has 0 bridgehead atoms. The number of fused-ring (bicyclic) bond motifs is 1. The molecular weight excluding hydrogens is 344 g/mol. The van der Waals surface area contributed by atoms with Crippen molar-refractivity contribution in [2.75, 3.05) is 44.2 Å². The van der Waals surface area contributed by atoms with Crippen LogP contribution in [0.2, 0.25) is 0 Å². The van der Waals surface area contributed by atoms with Crippen molar-refractivity contribution in [1.82, 2.24) is 10.3 Å². The highest BCUT2D eigenvalue weighted by atomic mass is 32.1. The molecular formula is C20H31N4OS+. The smallest absolute Gasteiger partial charge is 0.220 e. The van der Waals surface area contributed by atoms with Gasteiger partial charge in [-0.1, -0.05) is 30.7 Å². The summed E-state index contributed by atoms with van der Waals surface area (Å²) in [5.41, 5.74) is 3.77. The maximum absolute atomic E-state index is 11.7. The highest BCUT2D eigenvalue weighted by Gasteiger charge is 2.22. The van der Waals surface area contributed by atoms with E-state index in [0.717, 1.165) is 62.8 Å². The summed E-state index contributed by atoms with van der Waals surface area (Å²) in [5.74, 6) is 0.199. The molecule has 0 spiro atoms. The number of carbonyl (C=O) groups excluding carboxylic acids is 1. The number of piperazine rings is 1. The molecule has 142 valence electrons. The van der Waals surface area contributed by atoms with Gasteiger partial charge in [-0.15, -0.1) is 0 Å². The molecule has 0 aliphatic carbocycles. The molecule has 0 radical (unpaired) electrons. The van der Waals surface area contributed by atoms with Crippen molar-refractivity contribution in [3.8, 4) is 0 Å². The second-order valence-electron chi connectivity index (χ2n) is 7.29. The molecule has 1 aromatic heterocycles. The number of hydrogen-bond donors (Lipinski definition) is 2. The number of quaternary nitrogens is 1. The van der Waals surface area contributed by atoms with Crippen molar-refractivity contribution in [3.63, 3.8) is 0 Å². The second kappa shape index (κ2) is 8.82. The maximum Gasteiger partial charge on any atom is 0.220 e. The summed E-state index contributed by atoms with van der Waals surface area (Å²) in [6, 6.07) is 4.39. The third kappa shape index (κ3) is 4.54. The minimum absolute atomic E-state index is 0.199. The van der Waals surface area contributed by atoms with Gasteiger partial charge in [-0.25, -0.2) is 4.98 Å². The number of rotatable bonds is 7. The standard InChI is InChI=1S/C20H30N4OS/c1-4-5-6-18(25)21-9-10-23-11-13-24(14-12-23)20-22-19-16(3)15(2)7-8-17(19)26-20/h7-8H,4-6,9-14H2,1-3H3,(H,21,25)/p+1. The Labute approximate surface area is 160 Å². The molecule has 26 heavy (non-hydrogen) atoms. The molecule has 2 N–H and O–H groups in total. The van der Waals surface area contributed by atoms with E-state index in [9.17, 15) is 4.79 Å². The van der Waals surface area contributed by atoms with Crippen LogP contribution in [0.4, 0.5) is 5.13 Å². The van der Waals surface area contributed by atoms with E-state index >= 15 is 0 Å². The molecule has 1 aliphatic rings. The molecule has 1 aromatic carbocycles. The fraction of sp³-hybridized carbons (Fsp3) is 0.600. The number of thiazole rings is 1. The Bertz CT molecular complexity index is 750. The first kappa shape index (κ1) is 19.1. The lowest BCUT2D eigenvalue weighted by Crippen LogP contribution is -3.15. The van der Waals surface area contributed by atoms with Crippen molar-refractivity contribution < 1.29 is 9.69 Å². The fourth-order valence-electron chi connectivity index (χ4n) is 3.42. The molecule has 1 aliphatic heterocycles. The predicted octanol–water partition coefficient (Wildman–Crippen LogP) is 1.92. The van der Waals surface area contributed by atoms with E-state index in [2.05, 4.69) is 43.1 Å². The molecule has 1 amide bonds. The molecule has 1 saturated heterocycles. The lowest BCUT2D eigenvalue weighted by Gasteiger charge is -2.32. The number of nitrogens with zero attached hydrogens (tertiary/aromatic N) is 2. The summed E-state index contributed by atoms with van der Waals surface area (Å²) in [7, 11) is 0. The largest absolute Gasteiger partial charge is 0.350 e. The van der Waals surface area contributed by atoms with Crippen molar-refractivity contribution in [1.29, 1.82) is 0 Å². The van der Waals surface area contributed by atoms with Crippen LogP contribution in [-0.4, -0.2) is 50.2 Å². The average Bonchev–Trinajstić information content (AvgIpc) is 3.09. The second-order valence-corrected chi connectivity index (χ2v) is 8.30. The minimum atomic E-state index is 0.199. The molecule has 0 unspecified atom stereocenters. The molecule has 5 nitrogen and oxygen atoms in total. The summed E-state index contributed by atoms with van der Waals surface area (Å²) >= 11 is 1.81. The lowest BCUT2D eigenvalue weighted by molar-refractivity contribution is -0.899. The van der Waals surface area contributed by atoms with Gasteiger partial charge in [-0.05, 0) is 37.5 Å². The quantitative estimate of drug-likeness (QED) is 0.777. The summed E-state index contributed by atoms with van der Waals surface area (Å²) in [6.07, 6.45) is 2.72. The van der Waals surface area contributed by atoms with Gasteiger partial charge in [0, 0.05) is 6.42 Å². The third-order valence-electron chi connectivity index (χ3n) is 5.37. The van der Waals surface area contributed by atoms with Crippen molar-refractivity contribution >= 4 is 32.6 Å². The number of nitrogens with one attached hydrogen (secondary N) is 2. The lowest BCUT2D eigenvalue weighted by atomic mass is 10.1. The van der Waals surface area contributed by atoms with Crippen LogP contribution >= 0.6 is 11.3 Å². The van der Waals surface area contributed by atoms with Crippen molar-refractivity contribution in [2.24, 2.45) is 0 Å². The summed E-state index contributed by atoms with van der Waals surface area (Å²) < 4.78 is 1.28. The molecule has 2 aromatic rings. The fourth-order valence-corrected chi connectivity index (χ4v) is 4.50. The maximum atomic E-state index is 11.7. The van der Waals surface area contributed by atoms with E-state index in [1.165, 1.54) is 15.8 Å².